The first-order valence-corrected chi connectivity index (χ1v) is 6.84. The van der Waals surface area contributed by atoms with Gasteiger partial charge in [0.1, 0.15) is 6.10 Å². The molecule has 6 atom stereocenters. The first-order valence-electron chi connectivity index (χ1n) is 6.84. The third-order valence-electron chi connectivity index (χ3n) is 5.47. The Morgan fingerprint density at radius 1 is 1.39 bits per heavy atom. The zero-order valence-corrected chi connectivity index (χ0v) is 11.5. The van der Waals surface area contributed by atoms with Gasteiger partial charge >= 0.3 is 0 Å². The summed E-state index contributed by atoms with van der Waals surface area (Å²) >= 11 is 0. The fraction of sp³-hybridized carbons (Fsp3) is 0.800. The van der Waals surface area contributed by atoms with Crippen molar-refractivity contribution in [3.8, 4) is 0 Å². The van der Waals surface area contributed by atoms with Gasteiger partial charge in [0.05, 0.1) is 6.10 Å². The lowest BCUT2D eigenvalue weighted by atomic mass is 9.51. The van der Waals surface area contributed by atoms with Crippen molar-refractivity contribution in [2.45, 2.75) is 52.2 Å². The van der Waals surface area contributed by atoms with Crippen molar-refractivity contribution in [1.29, 1.82) is 0 Å². The van der Waals surface area contributed by atoms with Crippen molar-refractivity contribution < 1.29 is 15.0 Å². The second kappa shape index (κ2) is 4.46. The molecule has 0 amide bonds. The van der Waals surface area contributed by atoms with Crippen LogP contribution in [0.25, 0.3) is 0 Å². The van der Waals surface area contributed by atoms with Crippen molar-refractivity contribution in [3.63, 3.8) is 0 Å². The Labute approximate surface area is 109 Å². The quantitative estimate of drug-likeness (QED) is 0.701. The van der Waals surface area contributed by atoms with Crippen LogP contribution in [0.1, 0.15) is 40.0 Å². The van der Waals surface area contributed by atoms with E-state index in [9.17, 15) is 15.0 Å². The summed E-state index contributed by atoms with van der Waals surface area (Å²) in [5.74, 6) is -0.224. The lowest BCUT2D eigenvalue weighted by Gasteiger charge is -2.53. The summed E-state index contributed by atoms with van der Waals surface area (Å²) in [5.41, 5.74) is 0.653. The third-order valence-corrected chi connectivity index (χ3v) is 5.47. The summed E-state index contributed by atoms with van der Waals surface area (Å²) < 4.78 is 0. The van der Waals surface area contributed by atoms with Crippen molar-refractivity contribution in [2.24, 2.45) is 23.2 Å². The highest BCUT2D eigenvalue weighted by Gasteiger charge is 2.55. The van der Waals surface area contributed by atoms with Gasteiger partial charge in [-0.25, -0.2) is 0 Å². The lowest BCUT2D eigenvalue weighted by Crippen LogP contribution is -2.56. The molecular formula is C15H24O3. The summed E-state index contributed by atoms with van der Waals surface area (Å²) in [7, 11) is 0. The molecule has 0 aromatic rings. The predicted molar refractivity (Wildman–Crippen MR) is 69.9 cm³/mol. The smallest absolute Gasteiger partial charge is 0.165 e. The predicted octanol–water partition coefficient (Wildman–Crippen LogP) is 1.93. The van der Waals surface area contributed by atoms with E-state index in [-0.39, 0.29) is 35.1 Å². The molecule has 3 nitrogen and oxygen atoms in total. The third kappa shape index (κ3) is 1.84. The maximum absolute atomic E-state index is 12.4. The molecule has 2 fully saturated rings. The van der Waals surface area contributed by atoms with Crippen LogP contribution in [0.2, 0.25) is 0 Å². The molecule has 2 saturated carbocycles. The van der Waals surface area contributed by atoms with Crippen LogP contribution in [0.4, 0.5) is 0 Å². The monoisotopic (exact) mass is 252 g/mol. The number of aliphatic hydroxyl groups is 2. The van der Waals surface area contributed by atoms with E-state index < -0.39 is 6.10 Å². The van der Waals surface area contributed by atoms with E-state index in [1.807, 2.05) is 13.8 Å². The molecule has 102 valence electrons. The van der Waals surface area contributed by atoms with Crippen molar-refractivity contribution in [2.75, 3.05) is 0 Å². The Kier molecular flexibility index (Phi) is 3.41. The number of carbonyl (C=O) groups is 1. The topological polar surface area (TPSA) is 57.5 Å². The number of rotatable bonds is 1. The standard InChI is InChI=1S/C15H24O3/c1-8(2)10-7-15(4)9(3)12(16)6-5-11(15)14(18)13(10)17/h9-13,16-17H,1,5-7H2,2-4H3. The second-order valence-corrected chi connectivity index (χ2v) is 6.50. The van der Waals surface area contributed by atoms with E-state index in [0.29, 0.717) is 12.8 Å². The van der Waals surface area contributed by atoms with Crippen LogP contribution in [0.5, 0.6) is 0 Å². The number of ketones is 1. The number of fused-ring (bicyclic) bond motifs is 1. The number of Topliss-reactive ketones (excluding diaryl/α,β-unsaturated/α-hetero) is 1. The lowest BCUT2D eigenvalue weighted by molar-refractivity contribution is -0.158. The maximum Gasteiger partial charge on any atom is 0.165 e. The molecule has 6 unspecified atom stereocenters. The molecule has 2 aliphatic rings. The average Bonchev–Trinajstić information content (AvgIpc) is 2.30. The summed E-state index contributed by atoms with van der Waals surface area (Å²) in [6.45, 7) is 9.88. The second-order valence-electron chi connectivity index (χ2n) is 6.50. The fourth-order valence-electron chi connectivity index (χ4n) is 3.90. The zero-order valence-electron chi connectivity index (χ0n) is 11.5. The highest BCUT2D eigenvalue weighted by molar-refractivity contribution is 5.87. The molecule has 3 heteroatoms. The average molecular weight is 252 g/mol. The molecule has 18 heavy (non-hydrogen) atoms. The maximum atomic E-state index is 12.4. The summed E-state index contributed by atoms with van der Waals surface area (Å²) in [6.07, 6.45) is 0.874. The number of hydrogen-bond acceptors (Lipinski definition) is 3. The minimum absolute atomic E-state index is 0.0458. The van der Waals surface area contributed by atoms with Crippen LogP contribution in [-0.4, -0.2) is 28.2 Å². The Morgan fingerprint density at radius 3 is 2.56 bits per heavy atom. The first kappa shape index (κ1) is 13.8. The van der Waals surface area contributed by atoms with E-state index >= 15 is 0 Å². The van der Waals surface area contributed by atoms with Gasteiger partial charge in [-0.05, 0) is 37.5 Å². The van der Waals surface area contributed by atoms with Crippen LogP contribution in [-0.2, 0) is 4.79 Å². The minimum Gasteiger partial charge on any atom is -0.393 e. The highest BCUT2D eigenvalue weighted by atomic mass is 16.3. The molecule has 0 heterocycles. The van der Waals surface area contributed by atoms with Gasteiger partial charge in [-0.3, -0.25) is 4.79 Å². The van der Waals surface area contributed by atoms with Gasteiger partial charge in [0.25, 0.3) is 0 Å². The van der Waals surface area contributed by atoms with Gasteiger partial charge in [0.2, 0.25) is 0 Å². The van der Waals surface area contributed by atoms with E-state index in [1.165, 1.54) is 0 Å². The van der Waals surface area contributed by atoms with Crippen molar-refractivity contribution >= 4 is 5.78 Å². The molecular weight excluding hydrogens is 228 g/mol. The van der Waals surface area contributed by atoms with Crippen LogP contribution in [0, 0.1) is 23.2 Å². The summed E-state index contributed by atoms with van der Waals surface area (Å²) in [6, 6.07) is 0. The molecule has 0 aromatic heterocycles. The fourth-order valence-corrected chi connectivity index (χ4v) is 3.90. The van der Waals surface area contributed by atoms with Crippen LogP contribution < -0.4 is 0 Å². The first-order chi connectivity index (χ1) is 8.29. The van der Waals surface area contributed by atoms with E-state index in [1.54, 1.807) is 0 Å². The molecule has 0 aliphatic heterocycles. The summed E-state index contributed by atoms with van der Waals surface area (Å²) in [5, 5.41) is 20.2. The number of carbonyl (C=O) groups excluding carboxylic acids is 1. The van der Waals surface area contributed by atoms with Crippen molar-refractivity contribution in [1.82, 2.24) is 0 Å². The van der Waals surface area contributed by atoms with E-state index in [4.69, 9.17) is 0 Å². The Morgan fingerprint density at radius 2 is 2.00 bits per heavy atom. The molecule has 0 aromatic carbocycles. The van der Waals surface area contributed by atoms with Crippen molar-refractivity contribution in [3.05, 3.63) is 12.2 Å². The zero-order chi connectivity index (χ0) is 13.7. The SMILES string of the molecule is C=C(C)C1CC2(C)C(CCC(O)C2C)C(=O)C1O. The molecule has 2 N–H and O–H groups in total. The van der Waals surface area contributed by atoms with Gasteiger partial charge in [-0.1, -0.05) is 26.0 Å². The van der Waals surface area contributed by atoms with E-state index in [2.05, 4.69) is 13.5 Å². The van der Waals surface area contributed by atoms with Gasteiger partial charge < -0.3 is 10.2 Å². The summed E-state index contributed by atoms with van der Waals surface area (Å²) in [4.78, 5) is 12.4. The van der Waals surface area contributed by atoms with Gasteiger partial charge in [-0.2, -0.15) is 0 Å². The largest absolute Gasteiger partial charge is 0.393 e. The van der Waals surface area contributed by atoms with Crippen LogP contribution in [0.3, 0.4) is 0 Å². The molecule has 2 rings (SSSR count). The van der Waals surface area contributed by atoms with Crippen LogP contribution >= 0.6 is 0 Å². The van der Waals surface area contributed by atoms with Gasteiger partial charge in [-0.15, -0.1) is 0 Å². The number of hydrogen-bond donors (Lipinski definition) is 2. The molecule has 0 bridgehead atoms. The molecule has 2 aliphatic carbocycles. The Hall–Kier alpha value is -0.670. The van der Waals surface area contributed by atoms with Gasteiger partial charge in [0, 0.05) is 11.8 Å². The molecule has 0 spiro atoms. The number of aliphatic hydroxyl groups excluding tert-OH is 2. The van der Waals surface area contributed by atoms with Gasteiger partial charge in [0.15, 0.2) is 5.78 Å². The van der Waals surface area contributed by atoms with Crippen LogP contribution in [0.15, 0.2) is 12.2 Å². The normalized spacial score (nSPS) is 48.7. The minimum atomic E-state index is -0.900. The highest BCUT2D eigenvalue weighted by Crippen LogP contribution is 2.54. The Balaban J connectivity index is 2.36. The molecule has 0 radical (unpaired) electrons. The molecule has 0 saturated heterocycles. The van der Waals surface area contributed by atoms with E-state index in [0.717, 1.165) is 12.0 Å². The Bertz CT molecular complexity index is 376.